The molecule has 0 saturated heterocycles. The fourth-order valence-corrected chi connectivity index (χ4v) is 5.05. The van der Waals surface area contributed by atoms with Gasteiger partial charge in [-0.2, -0.15) is 0 Å². The number of hydrogen-bond acceptors (Lipinski definition) is 0. The summed E-state index contributed by atoms with van der Waals surface area (Å²) in [7, 11) is 0. The zero-order chi connectivity index (χ0) is 20.9. The molecule has 158 valence electrons. The molecule has 0 atom stereocenters. The molecular weight excluding hydrogens is 374 g/mol. The summed E-state index contributed by atoms with van der Waals surface area (Å²) in [6.45, 7) is 2.28. The first-order chi connectivity index (χ1) is 14.6. The third-order valence-corrected chi connectivity index (χ3v) is 6.93. The summed E-state index contributed by atoms with van der Waals surface area (Å²) in [6.07, 6.45) is 11.9. The van der Waals surface area contributed by atoms with E-state index >= 15 is 4.39 Å². The number of benzene rings is 3. The lowest BCUT2D eigenvalue weighted by Gasteiger charge is -2.28. The predicted molar refractivity (Wildman–Crippen MR) is 123 cm³/mol. The van der Waals surface area contributed by atoms with Gasteiger partial charge in [-0.25, -0.2) is 8.78 Å². The van der Waals surface area contributed by atoms with Gasteiger partial charge in [0.25, 0.3) is 0 Å². The van der Waals surface area contributed by atoms with Crippen LogP contribution in [0.5, 0.6) is 0 Å². The van der Waals surface area contributed by atoms with Gasteiger partial charge in [-0.1, -0.05) is 94.3 Å². The third kappa shape index (κ3) is 4.91. The molecule has 0 N–H and O–H groups in total. The molecule has 0 aromatic heterocycles. The molecular formula is C28H32F2. The monoisotopic (exact) mass is 406 g/mol. The first kappa shape index (κ1) is 21.0. The Morgan fingerprint density at radius 2 is 1.60 bits per heavy atom. The lowest BCUT2D eigenvalue weighted by atomic mass is 9.78. The van der Waals surface area contributed by atoms with Crippen molar-refractivity contribution >= 4 is 10.8 Å². The first-order valence-electron chi connectivity index (χ1n) is 11.6. The maximum absolute atomic E-state index is 15.1. The number of unbranched alkanes of at least 4 members (excludes halogenated alkanes) is 1. The standard InChI is InChI=1S/C28H32F2/c1-2-3-5-20-8-10-21(11-9-20)12-13-22-14-16-26-24(18-22)15-17-27(28(26)30)23-6-4-7-25(29)19-23/h4,6-7,14-21H,2-3,5,8-13H2,1H3/t20-,21-. The summed E-state index contributed by atoms with van der Waals surface area (Å²) in [5.41, 5.74) is 2.32. The molecule has 0 bridgehead atoms. The lowest BCUT2D eigenvalue weighted by molar-refractivity contribution is 0.250. The Morgan fingerprint density at radius 3 is 2.33 bits per heavy atom. The fraction of sp³-hybridized carbons (Fsp3) is 0.429. The summed E-state index contributed by atoms with van der Waals surface area (Å²) in [5.74, 6) is 1.18. The van der Waals surface area contributed by atoms with Crippen molar-refractivity contribution in [3.05, 3.63) is 71.8 Å². The van der Waals surface area contributed by atoms with Crippen molar-refractivity contribution in [2.75, 3.05) is 0 Å². The van der Waals surface area contributed by atoms with Gasteiger partial charge in [-0.05, 0) is 53.3 Å². The van der Waals surface area contributed by atoms with Crippen LogP contribution in [0.4, 0.5) is 8.78 Å². The molecule has 3 aromatic carbocycles. The van der Waals surface area contributed by atoms with E-state index < -0.39 is 0 Å². The second kappa shape index (κ2) is 9.73. The van der Waals surface area contributed by atoms with Gasteiger partial charge in [0.15, 0.2) is 0 Å². The highest BCUT2D eigenvalue weighted by Crippen LogP contribution is 2.35. The normalized spacial score (nSPS) is 19.3. The van der Waals surface area contributed by atoms with Crippen LogP contribution in [0.1, 0.15) is 63.9 Å². The average molecular weight is 407 g/mol. The average Bonchev–Trinajstić information content (AvgIpc) is 2.77. The summed E-state index contributed by atoms with van der Waals surface area (Å²) in [4.78, 5) is 0. The number of hydrogen-bond donors (Lipinski definition) is 0. The Kier molecular flexibility index (Phi) is 6.82. The highest BCUT2D eigenvalue weighted by molar-refractivity contribution is 5.88. The smallest absolute Gasteiger partial charge is 0.138 e. The van der Waals surface area contributed by atoms with Crippen LogP contribution in [0.25, 0.3) is 21.9 Å². The Hall–Kier alpha value is -2.22. The van der Waals surface area contributed by atoms with Crippen LogP contribution in [0.15, 0.2) is 54.6 Å². The number of fused-ring (bicyclic) bond motifs is 1. The van der Waals surface area contributed by atoms with E-state index in [1.165, 1.54) is 69.1 Å². The highest BCUT2D eigenvalue weighted by Gasteiger charge is 2.20. The summed E-state index contributed by atoms with van der Waals surface area (Å²) in [5, 5.41) is 1.53. The van der Waals surface area contributed by atoms with E-state index in [1.54, 1.807) is 18.2 Å². The quantitative estimate of drug-likeness (QED) is 0.368. The van der Waals surface area contributed by atoms with E-state index in [-0.39, 0.29) is 11.6 Å². The molecule has 30 heavy (non-hydrogen) atoms. The zero-order valence-corrected chi connectivity index (χ0v) is 18.0. The minimum Gasteiger partial charge on any atom is -0.207 e. The zero-order valence-electron chi connectivity index (χ0n) is 18.0. The number of rotatable bonds is 7. The molecule has 3 aromatic rings. The maximum atomic E-state index is 15.1. The molecule has 0 unspecified atom stereocenters. The lowest BCUT2D eigenvalue weighted by Crippen LogP contribution is -2.15. The van der Waals surface area contributed by atoms with Gasteiger partial charge in [0.1, 0.15) is 11.6 Å². The Morgan fingerprint density at radius 1 is 0.833 bits per heavy atom. The van der Waals surface area contributed by atoms with E-state index in [9.17, 15) is 4.39 Å². The summed E-state index contributed by atoms with van der Waals surface area (Å²) in [6, 6.07) is 15.9. The molecule has 0 radical (unpaired) electrons. The molecule has 0 amide bonds. The number of aryl methyl sites for hydroxylation is 1. The van der Waals surface area contributed by atoms with Gasteiger partial charge in [0.2, 0.25) is 0 Å². The van der Waals surface area contributed by atoms with Crippen LogP contribution in [-0.4, -0.2) is 0 Å². The van der Waals surface area contributed by atoms with Crippen molar-refractivity contribution in [3.8, 4) is 11.1 Å². The van der Waals surface area contributed by atoms with Crippen molar-refractivity contribution in [3.63, 3.8) is 0 Å². The molecule has 1 fully saturated rings. The van der Waals surface area contributed by atoms with Crippen LogP contribution in [0.3, 0.4) is 0 Å². The van der Waals surface area contributed by atoms with Crippen LogP contribution in [0, 0.1) is 23.5 Å². The Balaban J connectivity index is 1.41. The Labute approximate surface area is 179 Å². The second-order valence-corrected chi connectivity index (χ2v) is 9.06. The van der Waals surface area contributed by atoms with Gasteiger partial charge in [0, 0.05) is 10.9 Å². The van der Waals surface area contributed by atoms with Crippen molar-refractivity contribution in [2.45, 2.75) is 64.7 Å². The SMILES string of the molecule is CCCC[C@H]1CC[C@H](CCc2ccc3c(F)c(-c4cccc(F)c4)ccc3c2)CC1. The van der Waals surface area contributed by atoms with E-state index in [1.807, 2.05) is 12.1 Å². The molecule has 0 aliphatic heterocycles. The van der Waals surface area contributed by atoms with E-state index in [4.69, 9.17) is 0 Å². The van der Waals surface area contributed by atoms with Crippen molar-refractivity contribution in [2.24, 2.45) is 11.8 Å². The topological polar surface area (TPSA) is 0 Å². The van der Waals surface area contributed by atoms with Gasteiger partial charge < -0.3 is 0 Å². The second-order valence-electron chi connectivity index (χ2n) is 9.06. The third-order valence-electron chi connectivity index (χ3n) is 6.93. The van der Waals surface area contributed by atoms with Gasteiger partial charge in [-0.3, -0.25) is 0 Å². The van der Waals surface area contributed by atoms with Crippen LogP contribution in [-0.2, 0) is 6.42 Å². The van der Waals surface area contributed by atoms with Crippen LogP contribution >= 0.6 is 0 Å². The minimum absolute atomic E-state index is 0.268. The van der Waals surface area contributed by atoms with Gasteiger partial charge in [-0.15, -0.1) is 0 Å². The largest absolute Gasteiger partial charge is 0.207 e. The summed E-state index contributed by atoms with van der Waals surface area (Å²) >= 11 is 0. The molecule has 0 nitrogen and oxygen atoms in total. The minimum atomic E-state index is -0.346. The van der Waals surface area contributed by atoms with Crippen LogP contribution in [0.2, 0.25) is 0 Å². The highest BCUT2D eigenvalue weighted by atomic mass is 19.1. The molecule has 0 heterocycles. The van der Waals surface area contributed by atoms with Crippen molar-refractivity contribution in [1.82, 2.24) is 0 Å². The van der Waals surface area contributed by atoms with Crippen molar-refractivity contribution in [1.29, 1.82) is 0 Å². The molecule has 2 heteroatoms. The molecule has 1 aliphatic rings. The van der Waals surface area contributed by atoms with Gasteiger partial charge >= 0.3 is 0 Å². The van der Waals surface area contributed by atoms with Gasteiger partial charge in [0.05, 0.1) is 0 Å². The molecule has 4 rings (SSSR count). The summed E-state index contributed by atoms with van der Waals surface area (Å²) < 4.78 is 28.6. The van der Waals surface area contributed by atoms with E-state index in [2.05, 4.69) is 19.1 Å². The van der Waals surface area contributed by atoms with Crippen LogP contribution < -0.4 is 0 Å². The first-order valence-corrected chi connectivity index (χ1v) is 11.6. The van der Waals surface area contributed by atoms with Crippen molar-refractivity contribution < 1.29 is 8.78 Å². The number of halogens is 2. The van der Waals surface area contributed by atoms with E-state index in [0.717, 1.165) is 23.6 Å². The molecule has 0 spiro atoms. The fourth-order valence-electron chi connectivity index (χ4n) is 5.05. The maximum Gasteiger partial charge on any atom is 0.138 e. The Bertz CT molecular complexity index is 983. The predicted octanol–water partition coefficient (Wildman–Crippen LogP) is 8.71. The molecule has 1 aliphatic carbocycles. The molecule has 1 saturated carbocycles. The van der Waals surface area contributed by atoms with E-state index in [0.29, 0.717) is 16.5 Å².